The number of carbonyl (C=O) groups is 2. The normalized spacial score (nSPS) is 22.7. The van der Waals surface area contributed by atoms with Crippen molar-refractivity contribution in [3.05, 3.63) is 34.9 Å². The van der Waals surface area contributed by atoms with Gasteiger partial charge in [-0.05, 0) is 30.4 Å². The van der Waals surface area contributed by atoms with Crippen molar-refractivity contribution in [3.63, 3.8) is 0 Å². The number of ether oxygens (including phenoxy) is 1. The first-order valence-corrected chi connectivity index (χ1v) is 10.4. The van der Waals surface area contributed by atoms with Crippen molar-refractivity contribution in [2.75, 3.05) is 52.9 Å². The van der Waals surface area contributed by atoms with Gasteiger partial charge >= 0.3 is 5.97 Å². The quantitative estimate of drug-likeness (QED) is 0.702. The second-order valence-corrected chi connectivity index (χ2v) is 8.25. The minimum absolute atomic E-state index is 0.218. The predicted octanol–water partition coefficient (Wildman–Crippen LogP) is 2.43. The van der Waals surface area contributed by atoms with Crippen LogP contribution >= 0.6 is 11.6 Å². The van der Waals surface area contributed by atoms with Crippen LogP contribution < -0.4 is 0 Å². The van der Waals surface area contributed by atoms with Crippen molar-refractivity contribution in [1.29, 1.82) is 0 Å². The molecular weight excluding hydrogens is 378 g/mol. The lowest BCUT2D eigenvalue weighted by Crippen LogP contribution is -2.52. The zero-order valence-corrected chi connectivity index (χ0v) is 17.5. The average molecular weight is 408 g/mol. The third-order valence-corrected chi connectivity index (χ3v) is 6.11. The Kier molecular flexibility index (Phi) is 7.32. The smallest absolute Gasteiger partial charge is 0.327 e. The zero-order chi connectivity index (χ0) is 20.1. The summed E-state index contributed by atoms with van der Waals surface area (Å²) in [4.78, 5) is 31.4. The molecule has 2 heterocycles. The average Bonchev–Trinajstić information content (AvgIpc) is 2.70. The van der Waals surface area contributed by atoms with Gasteiger partial charge in [0.1, 0.15) is 6.04 Å². The highest BCUT2D eigenvalue weighted by Gasteiger charge is 2.33. The first-order valence-electron chi connectivity index (χ1n) is 10.1. The molecule has 154 valence electrons. The third kappa shape index (κ3) is 5.04. The molecule has 0 spiro atoms. The summed E-state index contributed by atoms with van der Waals surface area (Å²) in [6, 6.07) is 6.88. The van der Waals surface area contributed by atoms with Gasteiger partial charge in [0, 0.05) is 44.3 Å². The number of halogens is 1. The standard InChI is InChI=1S/C21H30ClN3O3/c1-16-6-5-9-25(14-16)19(26)15-23-10-12-24(13-11-23)20(21(27)28-2)17-7-3-4-8-18(17)22/h3-4,7-8,16,20H,5-6,9-15H2,1-2H3/t16-,20-/m1/s1. The van der Waals surface area contributed by atoms with E-state index >= 15 is 0 Å². The Morgan fingerprint density at radius 2 is 1.89 bits per heavy atom. The van der Waals surface area contributed by atoms with Crippen LogP contribution in [0.1, 0.15) is 31.4 Å². The van der Waals surface area contributed by atoms with E-state index in [9.17, 15) is 9.59 Å². The van der Waals surface area contributed by atoms with Crippen LogP contribution in [0.15, 0.2) is 24.3 Å². The molecular formula is C21H30ClN3O3. The molecule has 0 aliphatic carbocycles. The van der Waals surface area contributed by atoms with Gasteiger partial charge in [0.15, 0.2) is 0 Å². The van der Waals surface area contributed by atoms with Crippen LogP contribution in [0.25, 0.3) is 0 Å². The first kappa shape index (κ1) is 21.1. The fraction of sp³-hybridized carbons (Fsp3) is 0.619. The van der Waals surface area contributed by atoms with E-state index in [0.717, 1.165) is 38.2 Å². The Labute approximate surface area is 172 Å². The van der Waals surface area contributed by atoms with Crippen molar-refractivity contribution in [2.24, 2.45) is 5.92 Å². The fourth-order valence-corrected chi connectivity index (χ4v) is 4.41. The molecule has 0 aromatic heterocycles. The number of rotatable bonds is 5. The molecule has 0 saturated carbocycles. The molecule has 0 unspecified atom stereocenters. The maximum Gasteiger partial charge on any atom is 0.327 e. The highest BCUT2D eigenvalue weighted by Crippen LogP contribution is 2.29. The van der Waals surface area contributed by atoms with E-state index in [2.05, 4.69) is 16.7 Å². The Morgan fingerprint density at radius 1 is 1.18 bits per heavy atom. The molecule has 2 atom stereocenters. The molecule has 2 saturated heterocycles. The van der Waals surface area contributed by atoms with E-state index in [0.29, 0.717) is 30.6 Å². The van der Waals surface area contributed by atoms with Gasteiger partial charge < -0.3 is 9.64 Å². The summed E-state index contributed by atoms with van der Waals surface area (Å²) in [7, 11) is 1.40. The highest BCUT2D eigenvalue weighted by atomic mass is 35.5. The van der Waals surface area contributed by atoms with Crippen molar-refractivity contribution >= 4 is 23.5 Å². The molecule has 6 nitrogen and oxygen atoms in total. The summed E-state index contributed by atoms with van der Waals surface area (Å²) >= 11 is 6.34. The number of methoxy groups -OCH3 is 1. The van der Waals surface area contributed by atoms with E-state index in [-0.39, 0.29) is 11.9 Å². The van der Waals surface area contributed by atoms with Gasteiger partial charge in [-0.25, -0.2) is 4.79 Å². The van der Waals surface area contributed by atoms with Gasteiger partial charge in [0.25, 0.3) is 0 Å². The molecule has 7 heteroatoms. The molecule has 2 aliphatic heterocycles. The number of benzene rings is 1. The number of piperidine rings is 1. The molecule has 2 aliphatic rings. The highest BCUT2D eigenvalue weighted by molar-refractivity contribution is 6.31. The van der Waals surface area contributed by atoms with Gasteiger partial charge in [-0.3, -0.25) is 14.6 Å². The molecule has 1 amide bonds. The Balaban J connectivity index is 1.59. The molecule has 0 radical (unpaired) electrons. The number of carbonyl (C=O) groups excluding carboxylic acids is 2. The van der Waals surface area contributed by atoms with Crippen molar-refractivity contribution in [1.82, 2.24) is 14.7 Å². The fourth-order valence-electron chi connectivity index (χ4n) is 4.17. The Morgan fingerprint density at radius 3 is 2.54 bits per heavy atom. The number of esters is 1. The van der Waals surface area contributed by atoms with Gasteiger partial charge in [-0.2, -0.15) is 0 Å². The topological polar surface area (TPSA) is 53.1 Å². The number of nitrogens with zero attached hydrogens (tertiary/aromatic N) is 3. The van der Waals surface area contributed by atoms with Crippen LogP contribution in [0, 0.1) is 5.92 Å². The molecule has 0 N–H and O–H groups in total. The van der Waals surface area contributed by atoms with E-state index in [1.54, 1.807) is 6.07 Å². The number of likely N-dealkylation sites (tertiary alicyclic amines) is 1. The minimum Gasteiger partial charge on any atom is -0.468 e. The van der Waals surface area contributed by atoms with Crippen molar-refractivity contribution in [2.45, 2.75) is 25.8 Å². The summed E-state index contributed by atoms with van der Waals surface area (Å²) in [5.74, 6) is 0.501. The van der Waals surface area contributed by atoms with Crippen LogP contribution in [0.5, 0.6) is 0 Å². The number of hydrogen-bond donors (Lipinski definition) is 0. The SMILES string of the molecule is COC(=O)[C@@H](c1ccccc1Cl)N1CCN(CC(=O)N2CCC[C@@H](C)C2)CC1. The lowest BCUT2D eigenvalue weighted by Gasteiger charge is -2.39. The maximum absolute atomic E-state index is 12.6. The van der Waals surface area contributed by atoms with Crippen LogP contribution in [0.2, 0.25) is 5.02 Å². The van der Waals surface area contributed by atoms with E-state index in [1.165, 1.54) is 13.5 Å². The maximum atomic E-state index is 12.6. The summed E-state index contributed by atoms with van der Waals surface area (Å²) < 4.78 is 5.04. The second-order valence-electron chi connectivity index (χ2n) is 7.85. The summed E-state index contributed by atoms with van der Waals surface area (Å²) in [5, 5.41) is 0.565. The van der Waals surface area contributed by atoms with Gasteiger partial charge in [-0.15, -0.1) is 0 Å². The van der Waals surface area contributed by atoms with Crippen LogP contribution in [-0.4, -0.2) is 79.5 Å². The number of hydrogen-bond acceptors (Lipinski definition) is 5. The number of amides is 1. The first-order chi connectivity index (χ1) is 13.5. The molecule has 28 heavy (non-hydrogen) atoms. The molecule has 2 fully saturated rings. The number of piperazine rings is 1. The van der Waals surface area contributed by atoms with Gasteiger partial charge in [0.05, 0.1) is 13.7 Å². The van der Waals surface area contributed by atoms with Gasteiger partial charge in [-0.1, -0.05) is 36.7 Å². The zero-order valence-electron chi connectivity index (χ0n) is 16.8. The molecule has 1 aromatic rings. The van der Waals surface area contributed by atoms with Crippen LogP contribution in [-0.2, 0) is 14.3 Å². The summed E-state index contributed by atoms with van der Waals surface area (Å²) in [6.45, 7) is 7.27. The summed E-state index contributed by atoms with van der Waals surface area (Å²) in [5.41, 5.74) is 0.767. The second kappa shape index (κ2) is 9.72. The lowest BCUT2D eigenvalue weighted by molar-refractivity contribution is -0.148. The Hall–Kier alpha value is -1.63. The van der Waals surface area contributed by atoms with Crippen molar-refractivity contribution in [3.8, 4) is 0 Å². The van der Waals surface area contributed by atoms with Crippen LogP contribution in [0.4, 0.5) is 0 Å². The van der Waals surface area contributed by atoms with E-state index in [1.807, 2.05) is 23.1 Å². The van der Waals surface area contributed by atoms with Gasteiger partial charge in [0.2, 0.25) is 5.91 Å². The van der Waals surface area contributed by atoms with Crippen molar-refractivity contribution < 1.29 is 14.3 Å². The van der Waals surface area contributed by atoms with Crippen LogP contribution in [0.3, 0.4) is 0 Å². The third-order valence-electron chi connectivity index (χ3n) is 5.76. The lowest BCUT2D eigenvalue weighted by atomic mass is 10.0. The largest absolute Gasteiger partial charge is 0.468 e. The molecule has 3 rings (SSSR count). The van der Waals surface area contributed by atoms with E-state index < -0.39 is 6.04 Å². The Bertz CT molecular complexity index is 691. The molecule has 1 aromatic carbocycles. The minimum atomic E-state index is -0.514. The molecule has 0 bridgehead atoms. The predicted molar refractivity (Wildman–Crippen MR) is 109 cm³/mol. The van der Waals surface area contributed by atoms with E-state index in [4.69, 9.17) is 16.3 Å². The monoisotopic (exact) mass is 407 g/mol. The summed E-state index contributed by atoms with van der Waals surface area (Å²) in [6.07, 6.45) is 2.30.